The van der Waals surface area contributed by atoms with Crippen LogP contribution in [0.3, 0.4) is 0 Å². The van der Waals surface area contributed by atoms with Gasteiger partial charge in [0.1, 0.15) is 0 Å². The van der Waals surface area contributed by atoms with E-state index in [1.165, 1.54) is 19.4 Å². The van der Waals surface area contributed by atoms with E-state index in [0.29, 0.717) is 0 Å². The van der Waals surface area contributed by atoms with E-state index < -0.39 is 0 Å². The van der Waals surface area contributed by atoms with Crippen molar-refractivity contribution in [1.29, 1.82) is 0 Å². The van der Waals surface area contributed by atoms with Gasteiger partial charge >= 0.3 is 0 Å². The zero-order valence-corrected chi connectivity index (χ0v) is 12.1. The molecule has 0 aliphatic heterocycles. The van der Waals surface area contributed by atoms with E-state index in [0.717, 1.165) is 26.1 Å². The smallest absolute Gasteiger partial charge is 0.00127 e. The molecule has 0 unspecified atom stereocenters. The first-order valence-corrected chi connectivity index (χ1v) is 4.83. The number of nitrogens with two attached hydrogens (primary N) is 1. The second kappa shape index (κ2) is 20.2. The quantitative estimate of drug-likeness (QED) is 0.664. The Morgan fingerprint density at radius 3 is 1.93 bits per heavy atom. The van der Waals surface area contributed by atoms with E-state index in [2.05, 4.69) is 24.3 Å². The molecule has 0 spiro atoms. The van der Waals surface area contributed by atoms with Gasteiger partial charge in [-0.2, -0.15) is 0 Å². The highest BCUT2D eigenvalue weighted by Crippen LogP contribution is 1.84. The molecule has 0 bridgehead atoms. The highest BCUT2D eigenvalue weighted by molar-refractivity contribution is 5.86. The van der Waals surface area contributed by atoms with Crippen molar-refractivity contribution in [2.75, 3.05) is 40.3 Å². The van der Waals surface area contributed by atoms with Crippen molar-refractivity contribution in [3.8, 4) is 0 Å². The Balaban J connectivity index is -0.000000202. The monoisotopic (exact) mass is 281 g/mol. The third-order valence-electron chi connectivity index (χ3n) is 1.77. The fourth-order valence-corrected chi connectivity index (χ4v) is 1.04. The molecule has 0 aliphatic rings. The molecule has 0 radical (unpaired) electrons. The Morgan fingerprint density at radius 1 is 0.933 bits per heavy atom. The lowest BCUT2D eigenvalue weighted by Crippen LogP contribution is -2.22. The Kier molecular flexibility index (Phi) is 33.4. The van der Waals surface area contributed by atoms with Gasteiger partial charge in [0.05, 0.1) is 0 Å². The molecule has 0 fully saturated rings. The largest absolute Gasteiger partial charge is 0.330 e. The number of halogens is 3. The molecule has 98 valence electrons. The first kappa shape index (κ1) is 24.8. The van der Waals surface area contributed by atoms with Crippen LogP contribution >= 0.6 is 37.2 Å². The number of hydrogen-bond acceptors (Lipinski definition) is 3. The lowest BCUT2D eigenvalue weighted by atomic mass is 10.3. The first-order valence-electron chi connectivity index (χ1n) is 4.83. The summed E-state index contributed by atoms with van der Waals surface area (Å²) in [7, 11) is 4.21. The van der Waals surface area contributed by atoms with Gasteiger partial charge in [0.25, 0.3) is 0 Å². The summed E-state index contributed by atoms with van der Waals surface area (Å²) in [6.07, 6.45) is 3.58. The van der Waals surface area contributed by atoms with E-state index in [4.69, 9.17) is 5.73 Å². The van der Waals surface area contributed by atoms with Gasteiger partial charge < -0.3 is 16.0 Å². The second-order valence-corrected chi connectivity index (χ2v) is 3.40. The van der Waals surface area contributed by atoms with Crippen molar-refractivity contribution in [2.45, 2.75) is 19.3 Å². The topological polar surface area (TPSA) is 41.3 Å². The average molecular weight is 283 g/mol. The molecule has 0 heterocycles. The van der Waals surface area contributed by atoms with Crippen LogP contribution in [0.2, 0.25) is 0 Å². The molecule has 6 heteroatoms. The fourth-order valence-electron chi connectivity index (χ4n) is 1.04. The van der Waals surface area contributed by atoms with Crippen molar-refractivity contribution in [3.63, 3.8) is 0 Å². The van der Waals surface area contributed by atoms with Crippen molar-refractivity contribution in [2.24, 2.45) is 5.73 Å². The normalized spacial score (nSPS) is 8.80. The molecule has 0 aromatic heterocycles. The van der Waals surface area contributed by atoms with Crippen LogP contribution in [0.4, 0.5) is 0 Å². The lowest BCUT2D eigenvalue weighted by molar-refractivity contribution is 0.394. The maximum Gasteiger partial charge on any atom is -0.00127 e. The predicted octanol–water partition coefficient (Wildman–Crippen LogP) is 1.53. The Hall–Kier alpha value is 0.750. The summed E-state index contributed by atoms with van der Waals surface area (Å²) in [6, 6.07) is 0. The summed E-state index contributed by atoms with van der Waals surface area (Å²) in [4.78, 5) is 2.21. The highest BCUT2D eigenvalue weighted by atomic mass is 35.5. The predicted molar refractivity (Wildman–Crippen MR) is 76.1 cm³/mol. The van der Waals surface area contributed by atoms with Crippen LogP contribution < -0.4 is 11.1 Å². The highest BCUT2D eigenvalue weighted by Gasteiger charge is 1.90. The minimum atomic E-state index is 0. The molecule has 0 aromatic carbocycles. The van der Waals surface area contributed by atoms with Gasteiger partial charge in [-0.25, -0.2) is 0 Å². The Bertz CT molecular complexity index is 94.7. The minimum absolute atomic E-state index is 0. The molecule has 15 heavy (non-hydrogen) atoms. The lowest BCUT2D eigenvalue weighted by Gasteiger charge is -2.09. The van der Waals surface area contributed by atoms with Gasteiger partial charge in [-0.15, -0.1) is 37.2 Å². The summed E-state index contributed by atoms with van der Waals surface area (Å²) in [6.45, 7) is 4.23. The second-order valence-electron chi connectivity index (χ2n) is 3.40. The zero-order valence-electron chi connectivity index (χ0n) is 9.70. The molecular weight excluding hydrogens is 256 g/mol. The molecule has 0 amide bonds. The van der Waals surface area contributed by atoms with E-state index >= 15 is 0 Å². The molecule has 0 rings (SSSR count). The van der Waals surface area contributed by atoms with Crippen LogP contribution in [0.1, 0.15) is 19.3 Å². The summed E-state index contributed by atoms with van der Waals surface area (Å²) in [5.74, 6) is 0. The zero-order chi connectivity index (χ0) is 9.23. The van der Waals surface area contributed by atoms with Gasteiger partial charge in [0.2, 0.25) is 0 Å². The molecule has 0 saturated carbocycles. The van der Waals surface area contributed by atoms with Gasteiger partial charge in [0.15, 0.2) is 0 Å². The standard InChI is InChI=1S/C9H23N3.3ClH/c1-12(2)9-5-8-11-7-4-3-6-10;;;/h11H,3-10H2,1-2H3;3*1H. The fraction of sp³-hybridized carbons (Fsp3) is 1.00. The Morgan fingerprint density at radius 2 is 1.47 bits per heavy atom. The molecule has 3 N–H and O–H groups in total. The van der Waals surface area contributed by atoms with Crippen molar-refractivity contribution in [3.05, 3.63) is 0 Å². The minimum Gasteiger partial charge on any atom is -0.330 e. The molecule has 0 aliphatic carbocycles. The number of unbranched alkanes of at least 4 members (excludes halogenated alkanes) is 1. The first-order chi connectivity index (χ1) is 5.77. The molecule has 3 nitrogen and oxygen atoms in total. The number of rotatable bonds is 8. The molecule has 0 aromatic rings. The summed E-state index contributed by atoms with van der Waals surface area (Å²) in [5, 5.41) is 3.39. The SMILES string of the molecule is CN(C)CCCNCCCCN.Cl.Cl.Cl. The molecule has 0 atom stereocenters. The summed E-state index contributed by atoms with van der Waals surface area (Å²) >= 11 is 0. The van der Waals surface area contributed by atoms with Gasteiger partial charge in [-0.05, 0) is 59.5 Å². The number of nitrogens with zero attached hydrogens (tertiary/aromatic N) is 1. The molecule has 0 saturated heterocycles. The van der Waals surface area contributed by atoms with E-state index in [1.807, 2.05) is 0 Å². The van der Waals surface area contributed by atoms with Crippen LogP contribution in [-0.4, -0.2) is 45.2 Å². The summed E-state index contributed by atoms with van der Waals surface area (Å²) < 4.78 is 0. The van der Waals surface area contributed by atoms with E-state index in [1.54, 1.807) is 0 Å². The molecular formula is C9H26Cl3N3. The van der Waals surface area contributed by atoms with Gasteiger partial charge in [0, 0.05) is 0 Å². The summed E-state index contributed by atoms with van der Waals surface area (Å²) in [5.41, 5.74) is 5.37. The average Bonchev–Trinajstić information content (AvgIpc) is 2.02. The van der Waals surface area contributed by atoms with Crippen LogP contribution in [0.5, 0.6) is 0 Å². The van der Waals surface area contributed by atoms with E-state index in [9.17, 15) is 0 Å². The van der Waals surface area contributed by atoms with Gasteiger partial charge in [-0.1, -0.05) is 0 Å². The number of hydrogen-bond donors (Lipinski definition) is 2. The van der Waals surface area contributed by atoms with Crippen LogP contribution in [0, 0.1) is 0 Å². The van der Waals surface area contributed by atoms with Crippen molar-refractivity contribution >= 4 is 37.2 Å². The van der Waals surface area contributed by atoms with Gasteiger partial charge in [-0.3, -0.25) is 0 Å². The maximum absolute atomic E-state index is 5.37. The van der Waals surface area contributed by atoms with Crippen molar-refractivity contribution < 1.29 is 0 Å². The van der Waals surface area contributed by atoms with Crippen molar-refractivity contribution in [1.82, 2.24) is 10.2 Å². The third kappa shape index (κ3) is 25.2. The van der Waals surface area contributed by atoms with Crippen LogP contribution in [-0.2, 0) is 0 Å². The number of nitrogens with one attached hydrogen (secondary N) is 1. The van der Waals surface area contributed by atoms with Crippen LogP contribution in [0.15, 0.2) is 0 Å². The maximum atomic E-state index is 5.37. The third-order valence-corrected chi connectivity index (χ3v) is 1.77. The Labute approximate surface area is 113 Å². The van der Waals surface area contributed by atoms with Crippen LogP contribution in [0.25, 0.3) is 0 Å². The van der Waals surface area contributed by atoms with E-state index in [-0.39, 0.29) is 37.2 Å².